The summed E-state index contributed by atoms with van der Waals surface area (Å²) in [4.78, 5) is 14.0. The zero-order chi connectivity index (χ0) is 20.8. The highest BCUT2D eigenvalue weighted by Crippen LogP contribution is 2.31. The van der Waals surface area contributed by atoms with Crippen molar-refractivity contribution in [3.63, 3.8) is 0 Å². The normalized spacial score (nSPS) is 12.9. The van der Waals surface area contributed by atoms with Crippen molar-refractivity contribution in [1.82, 2.24) is 4.90 Å². The number of ether oxygens (including phenoxy) is 4. The highest BCUT2D eigenvalue weighted by Gasteiger charge is 2.14. The van der Waals surface area contributed by atoms with Crippen LogP contribution in [0.15, 0.2) is 42.5 Å². The predicted molar refractivity (Wildman–Crippen MR) is 103 cm³/mol. The number of carbonyl (C=O) groups is 1. The lowest BCUT2D eigenvalue weighted by Crippen LogP contribution is -2.24. The van der Waals surface area contributed by atoms with E-state index in [4.69, 9.17) is 14.2 Å². The standard InChI is InChI=1S/C21H21F2NO5/c1-24(13-15-4-6-16-19(12-15)28-10-9-27-16)20(25)8-5-14-3-7-17(29-21(22)23)18(11-14)26-2/h3-8,11-12,21H,9-10,13H2,1-2H3/b8-5+. The molecule has 1 aliphatic rings. The quantitative estimate of drug-likeness (QED) is 0.657. The number of hydrogen-bond donors (Lipinski definition) is 0. The first kappa shape index (κ1) is 20.4. The molecule has 0 unspecified atom stereocenters. The van der Waals surface area contributed by atoms with Crippen LogP contribution < -0.4 is 18.9 Å². The fraction of sp³-hybridized carbons (Fsp3) is 0.286. The molecule has 1 aliphatic heterocycles. The van der Waals surface area contributed by atoms with Gasteiger partial charge in [0.05, 0.1) is 7.11 Å². The van der Waals surface area contributed by atoms with E-state index in [1.807, 2.05) is 18.2 Å². The fourth-order valence-corrected chi connectivity index (χ4v) is 2.81. The number of benzene rings is 2. The SMILES string of the molecule is COc1cc(/C=C/C(=O)N(C)Cc2ccc3c(c2)OCCO3)ccc1OC(F)F. The van der Waals surface area contributed by atoms with Gasteiger partial charge in [0.15, 0.2) is 23.0 Å². The molecule has 0 bridgehead atoms. The third-order valence-corrected chi connectivity index (χ3v) is 4.22. The van der Waals surface area contributed by atoms with Gasteiger partial charge in [0, 0.05) is 19.7 Å². The molecular formula is C21H21F2NO5. The summed E-state index contributed by atoms with van der Waals surface area (Å²) < 4.78 is 45.3. The molecule has 154 valence electrons. The van der Waals surface area contributed by atoms with Crippen molar-refractivity contribution >= 4 is 12.0 Å². The van der Waals surface area contributed by atoms with Crippen molar-refractivity contribution < 1.29 is 32.5 Å². The van der Waals surface area contributed by atoms with Gasteiger partial charge >= 0.3 is 6.61 Å². The summed E-state index contributed by atoms with van der Waals surface area (Å²) in [6.45, 7) is -1.53. The second kappa shape index (κ2) is 9.27. The predicted octanol–water partition coefficient (Wildman–Crippen LogP) is 3.74. The summed E-state index contributed by atoms with van der Waals surface area (Å²) in [5.74, 6) is 1.24. The van der Waals surface area contributed by atoms with Crippen molar-refractivity contribution in [2.45, 2.75) is 13.2 Å². The third kappa shape index (κ3) is 5.37. The zero-order valence-corrected chi connectivity index (χ0v) is 16.1. The van der Waals surface area contributed by atoms with Crippen LogP contribution >= 0.6 is 0 Å². The van der Waals surface area contributed by atoms with E-state index in [1.165, 1.54) is 25.3 Å². The van der Waals surface area contributed by atoms with Gasteiger partial charge in [-0.05, 0) is 41.5 Å². The first-order valence-electron chi connectivity index (χ1n) is 8.91. The maximum absolute atomic E-state index is 12.4. The van der Waals surface area contributed by atoms with E-state index < -0.39 is 6.61 Å². The molecule has 1 amide bonds. The molecule has 0 spiro atoms. The first-order valence-corrected chi connectivity index (χ1v) is 8.91. The average Bonchev–Trinajstić information content (AvgIpc) is 2.72. The monoisotopic (exact) mass is 405 g/mol. The molecule has 0 aromatic heterocycles. The minimum absolute atomic E-state index is 0.0679. The van der Waals surface area contributed by atoms with E-state index in [9.17, 15) is 13.6 Å². The molecule has 2 aromatic carbocycles. The average molecular weight is 405 g/mol. The number of rotatable bonds is 7. The van der Waals surface area contributed by atoms with Gasteiger partial charge in [-0.1, -0.05) is 12.1 Å². The van der Waals surface area contributed by atoms with E-state index in [1.54, 1.807) is 24.1 Å². The van der Waals surface area contributed by atoms with Crippen LogP contribution in [0, 0.1) is 0 Å². The molecule has 8 heteroatoms. The number of nitrogens with zero attached hydrogens (tertiary/aromatic N) is 1. The van der Waals surface area contributed by atoms with E-state index in [0.717, 1.165) is 5.56 Å². The topological polar surface area (TPSA) is 57.2 Å². The molecule has 29 heavy (non-hydrogen) atoms. The van der Waals surface area contributed by atoms with Crippen LogP contribution in [-0.2, 0) is 11.3 Å². The van der Waals surface area contributed by atoms with Gasteiger partial charge < -0.3 is 23.8 Å². The Hall–Kier alpha value is -3.29. The van der Waals surface area contributed by atoms with Gasteiger partial charge in [0.2, 0.25) is 5.91 Å². The summed E-state index contributed by atoms with van der Waals surface area (Å²) in [6, 6.07) is 10.0. The van der Waals surface area contributed by atoms with Crippen LogP contribution in [0.3, 0.4) is 0 Å². The minimum atomic E-state index is -2.94. The van der Waals surface area contributed by atoms with Crippen LogP contribution in [0.1, 0.15) is 11.1 Å². The van der Waals surface area contributed by atoms with Gasteiger partial charge in [0.1, 0.15) is 13.2 Å². The van der Waals surface area contributed by atoms with Crippen LogP contribution in [0.4, 0.5) is 8.78 Å². The molecule has 6 nitrogen and oxygen atoms in total. The minimum Gasteiger partial charge on any atom is -0.493 e. The molecule has 0 atom stereocenters. The number of alkyl halides is 2. The third-order valence-electron chi connectivity index (χ3n) is 4.22. The Balaban J connectivity index is 1.64. The summed E-state index contributed by atoms with van der Waals surface area (Å²) in [5.41, 5.74) is 1.53. The van der Waals surface area contributed by atoms with E-state index in [-0.39, 0.29) is 17.4 Å². The number of halogens is 2. The number of hydrogen-bond acceptors (Lipinski definition) is 5. The van der Waals surface area contributed by atoms with Crippen LogP contribution in [0.25, 0.3) is 6.08 Å². The molecular weight excluding hydrogens is 384 g/mol. The number of fused-ring (bicyclic) bond motifs is 1. The Morgan fingerprint density at radius 2 is 1.90 bits per heavy atom. The van der Waals surface area contributed by atoms with Crippen molar-refractivity contribution in [2.75, 3.05) is 27.4 Å². The number of amides is 1. The molecule has 0 saturated heterocycles. The molecule has 3 rings (SSSR count). The zero-order valence-electron chi connectivity index (χ0n) is 16.1. The molecule has 0 saturated carbocycles. The highest BCUT2D eigenvalue weighted by atomic mass is 19.3. The van der Waals surface area contributed by atoms with Crippen LogP contribution in [0.2, 0.25) is 0 Å². The van der Waals surface area contributed by atoms with Gasteiger partial charge in [-0.25, -0.2) is 0 Å². The van der Waals surface area contributed by atoms with E-state index in [2.05, 4.69) is 4.74 Å². The van der Waals surface area contributed by atoms with Crippen molar-refractivity contribution in [1.29, 1.82) is 0 Å². The first-order chi connectivity index (χ1) is 14.0. The summed E-state index contributed by atoms with van der Waals surface area (Å²) in [7, 11) is 3.04. The largest absolute Gasteiger partial charge is 0.493 e. The number of methoxy groups -OCH3 is 1. The van der Waals surface area contributed by atoms with Crippen molar-refractivity contribution in [3.05, 3.63) is 53.6 Å². The van der Waals surface area contributed by atoms with E-state index in [0.29, 0.717) is 36.8 Å². The Morgan fingerprint density at radius 1 is 1.14 bits per heavy atom. The maximum atomic E-state index is 12.4. The number of likely N-dealkylation sites (N-methyl/N-ethyl adjacent to an activating group) is 1. The molecule has 0 fully saturated rings. The van der Waals surface area contributed by atoms with Gasteiger partial charge in [-0.15, -0.1) is 0 Å². The number of carbonyl (C=O) groups excluding carboxylic acids is 1. The van der Waals surface area contributed by atoms with Gasteiger partial charge in [-0.3, -0.25) is 4.79 Å². The van der Waals surface area contributed by atoms with E-state index >= 15 is 0 Å². The Labute approximate surface area is 167 Å². The fourth-order valence-electron chi connectivity index (χ4n) is 2.81. The molecule has 1 heterocycles. The van der Waals surface area contributed by atoms with Crippen molar-refractivity contribution in [2.24, 2.45) is 0 Å². The highest BCUT2D eigenvalue weighted by molar-refractivity contribution is 5.91. The Morgan fingerprint density at radius 3 is 2.62 bits per heavy atom. The van der Waals surface area contributed by atoms with Gasteiger partial charge in [0.25, 0.3) is 0 Å². The second-order valence-electron chi connectivity index (χ2n) is 6.29. The smallest absolute Gasteiger partial charge is 0.387 e. The molecule has 0 radical (unpaired) electrons. The van der Waals surface area contributed by atoms with Gasteiger partial charge in [-0.2, -0.15) is 8.78 Å². The molecule has 0 N–H and O–H groups in total. The lowest BCUT2D eigenvalue weighted by molar-refractivity contribution is -0.125. The molecule has 2 aromatic rings. The second-order valence-corrected chi connectivity index (χ2v) is 6.29. The summed E-state index contributed by atoms with van der Waals surface area (Å²) in [6.07, 6.45) is 2.98. The summed E-state index contributed by atoms with van der Waals surface area (Å²) in [5, 5.41) is 0. The lowest BCUT2D eigenvalue weighted by atomic mass is 10.1. The lowest BCUT2D eigenvalue weighted by Gasteiger charge is -2.20. The molecule has 0 aliphatic carbocycles. The Kier molecular flexibility index (Phi) is 6.54. The maximum Gasteiger partial charge on any atom is 0.387 e. The van der Waals surface area contributed by atoms with Crippen molar-refractivity contribution in [3.8, 4) is 23.0 Å². The Bertz CT molecular complexity index is 901. The summed E-state index contributed by atoms with van der Waals surface area (Å²) >= 11 is 0. The van der Waals surface area contributed by atoms with Crippen LogP contribution in [-0.4, -0.2) is 44.8 Å². The van der Waals surface area contributed by atoms with Crippen LogP contribution in [0.5, 0.6) is 23.0 Å².